The van der Waals surface area contributed by atoms with Gasteiger partial charge in [0, 0.05) is 103 Å². The smallest absolute Gasteiger partial charge is 0.324 e. The van der Waals surface area contributed by atoms with E-state index < -0.39 is 27.8 Å². The average molecular weight is 367 g/mol. The van der Waals surface area contributed by atoms with Crippen LogP contribution in [-0.2, 0) is 9.13 Å². The van der Waals surface area contributed by atoms with E-state index in [-0.39, 0.29) is 109 Å². The van der Waals surface area contributed by atoms with Crippen LogP contribution in [0.4, 0.5) is 0 Å². The van der Waals surface area contributed by atoms with Crippen LogP contribution in [0, 0.1) is 0 Å². The van der Waals surface area contributed by atoms with Crippen LogP contribution in [0.3, 0.4) is 0 Å². The molecule has 0 rings (SSSR count). The normalized spacial score (nSPS) is 11.9. The zero-order valence-electron chi connectivity index (χ0n) is 11.9. The first-order valence-electron chi connectivity index (χ1n) is 5.45. The van der Waals surface area contributed by atoms with Crippen molar-refractivity contribution in [3.8, 4) is 0 Å². The summed E-state index contributed by atoms with van der Waals surface area (Å²) < 4.78 is 21.6. The molecular formula is C8H21K2NO6P2. The Balaban J connectivity index is -0.00000128. The first-order chi connectivity index (χ1) is 7.64. The maximum Gasteiger partial charge on any atom is 0.339 e. The molecule has 0 saturated heterocycles. The third-order valence-electron chi connectivity index (χ3n) is 2.10. The van der Waals surface area contributed by atoms with Gasteiger partial charge < -0.3 is 19.6 Å². The molecule has 0 aliphatic rings. The predicted octanol–water partition coefficient (Wildman–Crippen LogP) is 0.377. The molecule has 0 spiro atoms. The third kappa shape index (κ3) is 21.5. The molecule has 0 unspecified atom stereocenters. The molecule has 7 nitrogen and oxygen atoms in total. The van der Waals surface area contributed by atoms with Gasteiger partial charge in [-0.15, -0.1) is 0 Å². The van der Waals surface area contributed by atoms with E-state index in [9.17, 15) is 9.13 Å². The molecule has 0 atom stereocenters. The number of rotatable bonds is 9. The Labute approximate surface area is 199 Å². The quantitative estimate of drug-likeness (QED) is 0.264. The molecule has 0 fully saturated rings. The summed E-state index contributed by atoms with van der Waals surface area (Å²) in [4.78, 5) is 36.4. The molecule has 0 aromatic rings. The summed E-state index contributed by atoms with van der Waals surface area (Å²) in [5.41, 5.74) is 0. The molecule has 0 amide bonds. The maximum absolute atomic E-state index is 10.8. The summed E-state index contributed by atoms with van der Waals surface area (Å²) in [6, 6.07) is 0. The summed E-state index contributed by atoms with van der Waals surface area (Å²) in [5, 5.41) is 0. The van der Waals surface area contributed by atoms with E-state index in [0.717, 1.165) is 24.2 Å². The second-order valence-corrected chi connectivity index (χ2v) is 7.29. The van der Waals surface area contributed by atoms with Crippen molar-refractivity contribution in [2.24, 2.45) is 0 Å². The van der Waals surface area contributed by atoms with Gasteiger partial charge in [0.1, 0.15) is 12.6 Å². The van der Waals surface area contributed by atoms with Crippen LogP contribution < -0.4 is 0 Å². The number of hydrogen-bond donors (Lipinski definition) is 4. The molecule has 106 valence electrons. The molecular weight excluding hydrogens is 346 g/mol. The fraction of sp³-hybridized carbons (Fsp3) is 1.00. The van der Waals surface area contributed by atoms with Crippen molar-refractivity contribution >= 4 is 118 Å². The van der Waals surface area contributed by atoms with Gasteiger partial charge in [-0.05, 0) is 13.0 Å². The van der Waals surface area contributed by atoms with Crippen LogP contribution in [0.25, 0.3) is 0 Å². The average Bonchev–Trinajstić information content (AvgIpc) is 2.06. The summed E-state index contributed by atoms with van der Waals surface area (Å²) >= 11 is 0. The van der Waals surface area contributed by atoms with Crippen molar-refractivity contribution in [3.63, 3.8) is 0 Å². The minimum absolute atomic E-state index is 0. The summed E-state index contributed by atoms with van der Waals surface area (Å²) in [5.74, 6) is 0. The minimum atomic E-state index is -4.28. The zero-order valence-corrected chi connectivity index (χ0v) is 19.9. The Morgan fingerprint density at radius 1 is 0.842 bits per heavy atom. The van der Waals surface area contributed by atoms with Gasteiger partial charge in [0.15, 0.2) is 0 Å². The molecule has 0 saturated carbocycles. The van der Waals surface area contributed by atoms with Crippen molar-refractivity contribution in [3.05, 3.63) is 0 Å². The van der Waals surface area contributed by atoms with E-state index in [1.54, 1.807) is 0 Å². The number of nitrogens with zero attached hydrogens (tertiary/aromatic N) is 1. The van der Waals surface area contributed by atoms with Crippen molar-refractivity contribution in [1.82, 2.24) is 4.90 Å². The van der Waals surface area contributed by atoms with E-state index in [0.29, 0.717) is 6.42 Å². The third-order valence-corrected chi connectivity index (χ3v) is 3.63. The molecule has 0 bridgehead atoms. The topological polar surface area (TPSA) is 118 Å². The van der Waals surface area contributed by atoms with Gasteiger partial charge in [-0.3, -0.25) is 14.0 Å². The Morgan fingerprint density at radius 2 is 1.26 bits per heavy atom. The van der Waals surface area contributed by atoms with Crippen LogP contribution in [-0.4, -0.2) is 146 Å². The molecule has 0 aromatic carbocycles. The minimum Gasteiger partial charge on any atom is -0.324 e. The molecule has 0 aliphatic carbocycles. The van der Waals surface area contributed by atoms with E-state index >= 15 is 0 Å². The summed E-state index contributed by atoms with van der Waals surface area (Å²) in [7, 11) is -8.56. The van der Waals surface area contributed by atoms with E-state index in [4.69, 9.17) is 19.6 Å². The fourth-order valence-corrected chi connectivity index (χ4v) is 3.15. The molecule has 4 N–H and O–H groups in total. The second kappa shape index (κ2) is 13.9. The van der Waals surface area contributed by atoms with Crippen LogP contribution in [0.15, 0.2) is 0 Å². The number of unbranched alkanes of at least 4 members (excludes halogenated alkanes) is 3. The predicted molar refractivity (Wildman–Crippen MR) is 76.2 cm³/mol. The van der Waals surface area contributed by atoms with E-state index in [2.05, 4.69) is 0 Å². The Kier molecular flexibility index (Phi) is 20.1. The molecule has 19 heavy (non-hydrogen) atoms. The van der Waals surface area contributed by atoms with Gasteiger partial charge in [-0.1, -0.05) is 26.2 Å². The standard InChI is InChI=1S/C8H21NO6P2.2K/c1-2-3-4-5-6-9(7-16(10,11)12)8-17(13,14)15;;/h2-8H2,1H3,(H2,10,11,12)(H2,13,14,15);;. The molecule has 0 aromatic heterocycles. The molecule has 11 heteroatoms. The SMILES string of the molecule is CCCCCCN(CP(=O)(O)O)CP(=O)(O)O.[K].[K]. The zero-order chi connectivity index (χ0) is 13.5. The van der Waals surface area contributed by atoms with Gasteiger partial charge >= 0.3 is 15.2 Å². The van der Waals surface area contributed by atoms with Gasteiger partial charge in [-0.25, -0.2) is 0 Å². The fourth-order valence-electron chi connectivity index (χ4n) is 1.47. The first kappa shape index (κ1) is 27.4. The van der Waals surface area contributed by atoms with Crippen LogP contribution in [0.5, 0.6) is 0 Å². The maximum atomic E-state index is 10.8. The molecule has 0 aliphatic heterocycles. The van der Waals surface area contributed by atoms with E-state index in [1.165, 1.54) is 0 Å². The summed E-state index contributed by atoms with van der Waals surface area (Å²) in [6.45, 7) is 2.32. The Hall–Kier alpha value is 3.53. The first-order valence-corrected chi connectivity index (χ1v) is 9.05. The van der Waals surface area contributed by atoms with Crippen LogP contribution in [0.1, 0.15) is 32.6 Å². The van der Waals surface area contributed by atoms with Crippen LogP contribution in [0.2, 0.25) is 0 Å². The van der Waals surface area contributed by atoms with Gasteiger partial charge in [0.2, 0.25) is 0 Å². The monoisotopic (exact) mass is 367 g/mol. The van der Waals surface area contributed by atoms with Crippen molar-refractivity contribution in [1.29, 1.82) is 0 Å². The Bertz CT molecular complexity index is 284. The summed E-state index contributed by atoms with van der Waals surface area (Å²) in [6.07, 6.45) is 2.37. The van der Waals surface area contributed by atoms with E-state index in [1.807, 2.05) is 6.92 Å². The largest absolute Gasteiger partial charge is 0.339 e. The van der Waals surface area contributed by atoms with Crippen molar-refractivity contribution < 1.29 is 28.7 Å². The Morgan fingerprint density at radius 3 is 1.58 bits per heavy atom. The second-order valence-electron chi connectivity index (χ2n) is 4.07. The van der Waals surface area contributed by atoms with Gasteiger partial charge in [0.05, 0.1) is 0 Å². The van der Waals surface area contributed by atoms with Gasteiger partial charge in [0.25, 0.3) is 0 Å². The molecule has 0 heterocycles. The van der Waals surface area contributed by atoms with Gasteiger partial charge in [-0.2, -0.15) is 0 Å². The van der Waals surface area contributed by atoms with Crippen LogP contribution >= 0.6 is 15.2 Å². The molecule has 2 radical (unpaired) electrons. The number of hydrogen-bond acceptors (Lipinski definition) is 3. The van der Waals surface area contributed by atoms with Crippen molar-refractivity contribution in [2.75, 3.05) is 19.1 Å². The van der Waals surface area contributed by atoms with Crippen molar-refractivity contribution in [2.45, 2.75) is 32.6 Å².